The first-order chi connectivity index (χ1) is 14.7. The molecule has 0 heterocycles. The van der Waals surface area contributed by atoms with E-state index in [1.165, 1.54) is 94.6 Å². The molecular formula is C29H39F. The largest absolute Gasteiger partial charge is 0.206 e. The molecule has 0 nitrogen and oxygen atoms in total. The van der Waals surface area contributed by atoms with Crippen LogP contribution in [0.4, 0.5) is 4.39 Å². The lowest BCUT2D eigenvalue weighted by Crippen LogP contribution is -2.13. The molecule has 2 saturated carbocycles. The molecule has 0 aromatic heterocycles. The first-order valence-electron chi connectivity index (χ1n) is 12.6. The molecule has 0 aliphatic heterocycles. The van der Waals surface area contributed by atoms with E-state index in [2.05, 4.69) is 37.3 Å². The smallest absolute Gasteiger partial charge is 0.131 e. The zero-order valence-electron chi connectivity index (χ0n) is 18.8. The summed E-state index contributed by atoms with van der Waals surface area (Å²) in [6.45, 7) is 2.28. The van der Waals surface area contributed by atoms with Gasteiger partial charge in [-0.2, -0.15) is 0 Å². The fourth-order valence-electron chi connectivity index (χ4n) is 5.86. The molecule has 1 heteroatoms. The molecule has 2 aromatic carbocycles. The normalized spacial score (nSPS) is 22.9. The predicted octanol–water partition coefficient (Wildman–Crippen LogP) is 9.39. The first-order valence-corrected chi connectivity index (χ1v) is 12.6. The molecule has 0 spiro atoms. The second-order valence-electron chi connectivity index (χ2n) is 9.91. The summed E-state index contributed by atoms with van der Waals surface area (Å²) in [4.78, 5) is 0. The minimum Gasteiger partial charge on any atom is -0.206 e. The van der Waals surface area contributed by atoms with Gasteiger partial charge in [-0.15, -0.1) is 0 Å². The summed E-state index contributed by atoms with van der Waals surface area (Å²) in [5.41, 5.74) is 4.41. The number of halogens is 1. The van der Waals surface area contributed by atoms with E-state index in [1.54, 1.807) is 0 Å². The van der Waals surface area contributed by atoms with Gasteiger partial charge >= 0.3 is 0 Å². The van der Waals surface area contributed by atoms with Crippen molar-refractivity contribution in [1.29, 1.82) is 0 Å². The van der Waals surface area contributed by atoms with Crippen molar-refractivity contribution in [1.82, 2.24) is 0 Å². The van der Waals surface area contributed by atoms with Crippen LogP contribution in [0.3, 0.4) is 0 Å². The van der Waals surface area contributed by atoms with Crippen LogP contribution in [-0.2, 0) is 0 Å². The highest BCUT2D eigenvalue weighted by Crippen LogP contribution is 2.39. The van der Waals surface area contributed by atoms with Gasteiger partial charge in [-0.25, -0.2) is 4.39 Å². The van der Waals surface area contributed by atoms with Crippen molar-refractivity contribution in [2.75, 3.05) is 0 Å². The Morgan fingerprint density at radius 2 is 1.40 bits per heavy atom. The molecule has 0 N–H and O–H groups in total. The van der Waals surface area contributed by atoms with Crippen LogP contribution in [0.1, 0.15) is 113 Å². The van der Waals surface area contributed by atoms with Crippen LogP contribution in [0.15, 0.2) is 42.5 Å². The second kappa shape index (κ2) is 10.6. The zero-order chi connectivity index (χ0) is 20.8. The molecule has 0 bridgehead atoms. The van der Waals surface area contributed by atoms with Crippen molar-refractivity contribution in [3.8, 4) is 11.1 Å². The monoisotopic (exact) mass is 406 g/mol. The fourth-order valence-corrected chi connectivity index (χ4v) is 5.86. The number of hydrogen-bond acceptors (Lipinski definition) is 0. The standard InChI is InChI=1S/C29H39F/c1-2-3-5-8-22-11-13-25(14-12-22)27-19-20-28(29(30)21-27)26-17-15-24(16-18-26)23-9-6-4-7-10-23/h15-23,25H,2-14H2,1H3. The van der Waals surface area contributed by atoms with Crippen molar-refractivity contribution in [2.24, 2.45) is 5.92 Å². The third kappa shape index (κ3) is 5.34. The fraction of sp³-hybridized carbons (Fsp3) is 0.586. The van der Waals surface area contributed by atoms with Gasteiger partial charge in [-0.05, 0) is 79.0 Å². The summed E-state index contributed by atoms with van der Waals surface area (Å²) in [6, 6.07) is 14.8. The number of rotatable bonds is 7. The summed E-state index contributed by atoms with van der Waals surface area (Å²) in [6.07, 6.45) is 17.3. The Kier molecular flexibility index (Phi) is 7.63. The van der Waals surface area contributed by atoms with Gasteiger partial charge < -0.3 is 0 Å². The zero-order valence-corrected chi connectivity index (χ0v) is 18.8. The van der Waals surface area contributed by atoms with E-state index in [4.69, 9.17) is 0 Å². The van der Waals surface area contributed by atoms with Gasteiger partial charge in [-0.1, -0.05) is 88.3 Å². The molecule has 4 rings (SSSR count). The summed E-state index contributed by atoms with van der Waals surface area (Å²) < 4.78 is 15.0. The van der Waals surface area contributed by atoms with Gasteiger partial charge in [0.05, 0.1) is 0 Å². The number of benzene rings is 2. The van der Waals surface area contributed by atoms with Crippen LogP contribution >= 0.6 is 0 Å². The van der Waals surface area contributed by atoms with Gasteiger partial charge in [0.2, 0.25) is 0 Å². The van der Waals surface area contributed by atoms with E-state index in [-0.39, 0.29) is 5.82 Å². The highest BCUT2D eigenvalue weighted by Gasteiger charge is 2.23. The van der Waals surface area contributed by atoms with E-state index in [9.17, 15) is 0 Å². The van der Waals surface area contributed by atoms with Crippen molar-refractivity contribution in [3.63, 3.8) is 0 Å². The highest BCUT2D eigenvalue weighted by molar-refractivity contribution is 5.65. The minimum atomic E-state index is -0.0528. The van der Waals surface area contributed by atoms with E-state index in [0.717, 1.165) is 17.0 Å². The molecule has 0 radical (unpaired) electrons. The van der Waals surface area contributed by atoms with Crippen molar-refractivity contribution in [3.05, 3.63) is 59.4 Å². The Balaban J connectivity index is 1.37. The first kappa shape index (κ1) is 21.6. The van der Waals surface area contributed by atoms with Gasteiger partial charge in [0, 0.05) is 5.56 Å². The predicted molar refractivity (Wildman–Crippen MR) is 127 cm³/mol. The number of unbranched alkanes of at least 4 members (excludes halogenated alkanes) is 2. The molecule has 0 amide bonds. The molecule has 2 fully saturated rings. The van der Waals surface area contributed by atoms with Crippen molar-refractivity contribution >= 4 is 0 Å². The Morgan fingerprint density at radius 1 is 0.733 bits per heavy atom. The summed E-state index contributed by atoms with van der Waals surface area (Å²) in [5, 5.41) is 0. The van der Waals surface area contributed by atoms with Gasteiger partial charge in [0.1, 0.15) is 5.82 Å². The molecule has 30 heavy (non-hydrogen) atoms. The molecule has 2 aliphatic carbocycles. The lowest BCUT2D eigenvalue weighted by Gasteiger charge is -2.29. The van der Waals surface area contributed by atoms with Gasteiger partial charge in [0.25, 0.3) is 0 Å². The maximum Gasteiger partial charge on any atom is 0.131 e. The Labute approximate surface area is 183 Å². The topological polar surface area (TPSA) is 0 Å². The Hall–Kier alpha value is -1.63. The molecule has 2 aromatic rings. The van der Waals surface area contributed by atoms with Crippen molar-refractivity contribution < 1.29 is 4.39 Å². The van der Waals surface area contributed by atoms with E-state index in [1.807, 2.05) is 12.1 Å². The SMILES string of the molecule is CCCCCC1CCC(c2ccc(-c3ccc(C4CCCCC4)cc3)c(F)c2)CC1. The molecule has 2 aliphatic rings. The van der Waals surface area contributed by atoms with Crippen LogP contribution in [0.5, 0.6) is 0 Å². The van der Waals surface area contributed by atoms with Crippen molar-refractivity contribution in [2.45, 2.75) is 102 Å². The molecule has 0 saturated heterocycles. The average Bonchev–Trinajstić information content (AvgIpc) is 2.80. The Morgan fingerprint density at radius 3 is 2.07 bits per heavy atom. The lowest BCUT2D eigenvalue weighted by molar-refractivity contribution is 0.302. The van der Waals surface area contributed by atoms with Crippen LogP contribution < -0.4 is 0 Å². The second-order valence-corrected chi connectivity index (χ2v) is 9.91. The average molecular weight is 407 g/mol. The summed E-state index contributed by atoms with van der Waals surface area (Å²) >= 11 is 0. The quantitative estimate of drug-likeness (QED) is 0.402. The molecular weight excluding hydrogens is 367 g/mol. The Bertz CT molecular complexity index is 777. The minimum absolute atomic E-state index is 0.0528. The van der Waals surface area contributed by atoms with E-state index < -0.39 is 0 Å². The van der Waals surface area contributed by atoms with Gasteiger partial charge in [-0.3, -0.25) is 0 Å². The maximum absolute atomic E-state index is 15.0. The van der Waals surface area contributed by atoms with Crippen LogP contribution in [0.2, 0.25) is 0 Å². The summed E-state index contributed by atoms with van der Waals surface area (Å²) in [7, 11) is 0. The molecule has 0 unspecified atom stereocenters. The molecule has 162 valence electrons. The van der Waals surface area contributed by atoms with E-state index in [0.29, 0.717) is 11.8 Å². The van der Waals surface area contributed by atoms with Gasteiger partial charge in [0.15, 0.2) is 0 Å². The molecule has 0 atom stereocenters. The van der Waals surface area contributed by atoms with E-state index >= 15 is 4.39 Å². The van der Waals surface area contributed by atoms with Crippen LogP contribution in [-0.4, -0.2) is 0 Å². The van der Waals surface area contributed by atoms with Crippen LogP contribution in [0.25, 0.3) is 11.1 Å². The maximum atomic E-state index is 15.0. The lowest BCUT2D eigenvalue weighted by atomic mass is 9.77. The summed E-state index contributed by atoms with van der Waals surface area (Å²) in [5.74, 6) is 2.10. The third-order valence-electron chi connectivity index (χ3n) is 7.83. The van der Waals surface area contributed by atoms with Crippen LogP contribution in [0, 0.1) is 11.7 Å². The third-order valence-corrected chi connectivity index (χ3v) is 7.83. The highest BCUT2D eigenvalue weighted by atomic mass is 19.1. The number of hydrogen-bond donors (Lipinski definition) is 0.